The maximum atomic E-state index is 9.14. The Labute approximate surface area is 110 Å². The zero-order valence-corrected chi connectivity index (χ0v) is 11.3. The number of aliphatic hydroxyl groups excluding tert-OH is 2. The Bertz CT molecular complexity index is 230. The third-order valence-electron chi connectivity index (χ3n) is 4.52. The van der Waals surface area contributed by atoms with Gasteiger partial charge in [0.05, 0.1) is 18.8 Å². The van der Waals surface area contributed by atoms with Crippen molar-refractivity contribution in [2.45, 2.75) is 56.6 Å². The van der Waals surface area contributed by atoms with E-state index in [0.717, 1.165) is 19.4 Å². The fourth-order valence-electron chi connectivity index (χ4n) is 3.59. The molecule has 1 saturated carbocycles. The van der Waals surface area contributed by atoms with Gasteiger partial charge in [-0.05, 0) is 25.7 Å². The molecule has 18 heavy (non-hydrogen) atoms. The van der Waals surface area contributed by atoms with E-state index in [0.29, 0.717) is 19.1 Å². The number of ether oxygens (including phenoxy) is 1. The Balaban J connectivity index is 1.95. The van der Waals surface area contributed by atoms with Crippen LogP contribution < -0.4 is 0 Å². The molecule has 2 rings (SSSR count). The van der Waals surface area contributed by atoms with Crippen LogP contribution >= 0.6 is 0 Å². The minimum absolute atomic E-state index is 0.102. The molecule has 0 aromatic heterocycles. The molecule has 1 aliphatic carbocycles. The van der Waals surface area contributed by atoms with Crippen LogP contribution in [-0.2, 0) is 4.74 Å². The van der Waals surface area contributed by atoms with Gasteiger partial charge in [0.15, 0.2) is 0 Å². The Morgan fingerprint density at radius 3 is 2.33 bits per heavy atom. The molecule has 2 N–H and O–H groups in total. The fourth-order valence-corrected chi connectivity index (χ4v) is 3.59. The third-order valence-corrected chi connectivity index (χ3v) is 4.52. The van der Waals surface area contributed by atoms with Crippen LogP contribution in [0.1, 0.15) is 44.9 Å². The average molecular weight is 257 g/mol. The van der Waals surface area contributed by atoms with Crippen LogP contribution in [0.15, 0.2) is 0 Å². The van der Waals surface area contributed by atoms with Crippen molar-refractivity contribution in [1.29, 1.82) is 0 Å². The number of hydrogen-bond acceptors (Lipinski definition) is 4. The Morgan fingerprint density at radius 2 is 1.72 bits per heavy atom. The summed E-state index contributed by atoms with van der Waals surface area (Å²) >= 11 is 0. The van der Waals surface area contributed by atoms with Crippen molar-refractivity contribution in [2.24, 2.45) is 0 Å². The zero-order chi connectivity index (χ0) is 12.8. The van der Waals surface area contributed by atoms with Gasteiger partial charge < -0.3 is 14.9 Å². The van der Waals surface area contributed by atoms with Gasteiger partial charge in [-0.1, -0.05) is 19.3 Å². The molecule has 0 aromatic carbocycles. The normalized spacial score (nSPS) is 27.8. The van der Waals surface area contributed by atoms with Gasteiger partial charge in [0.25, 0.3) is 0 Å². The number of aliphatic hydroxyl groups is 2. The predicted molar refractivity (Wildman–Crippen MR) is 70.5 cm³/mol. The summed E-state index contributed by atoms with van der Waals surface area (Å²) in [6.45, 7) is 2.51. The van der Waals surface area contributed by atoms with Gasteiger partial charge in [-0.25, -0.2) is 0 Å². The highest BCUT2D eigenvalue weighted by Crippen LogP contribution is 2.39. The molecule has 0 bridgehead atoms. The van der Waals surface area contributed by atoms with E-state index in [1.807, 2.05) is 0 Å². The average Bonchev–Trinajstić information content (AvgIpc) is 2.39. The summed E-state index contributed by atoms with van der Waals surface area (Å²) in [5.74, 6) is 0. The molecular weight excluding hydrogens is 230 g/mol. The lowest BCUT2D eigenvalue weighted by molar-refractivity contribution is -0.125. The van der Waals surface area contributed by atoms with E-state index in [4.69, 9.17) is 14.9 Å². The van der Waals surface area contributed by atoms with Crippen LogP contribution in [0.5, 0.6) is 0 Å². The first kappa shape index (κ1) is 14.3. The van der Waals surface area contributed by atoms with Gasteiger partial charge in [0, 0.05) is 25.7 Å². The van der Waals surface area contributed by atoms with Gasteiger partial charge in [-0.3, -0.25) is 4.90 Å². The van der Waals surface area contributed by atoms with E-state index in [-0.39, 0.29) is 18.8 Å². The number of nitrogens with zero attached hydrogens (tertiary/aromatic N) is 1. The van der Waals surface area contributed by atoms with Crippen molar-refractivity contribution in [3.05, 3.63) is 0 Å². The maximum absolute atomic E-state index is 9.14. The first-order valence-corrected chi connectivity index (χ1v) is 7.39. The lowest BCUT2D eigenvalue weighted by atomic mass is 9.78. The fraction of sp³-hybridized carbons (Fsp3) is 1.00. The largest absolute Gasteiger partial charge is 0.395 e. The SMILES string of the molecule is OCCN(CCO)C1CCOC2(CCCCC2)C1. The molecule has 2 aliphatic rings. The van der Waals surface area contributed by atoms with Crippen LogP contribution in [0.25, 0.3) is 0 Å². The minimum atomic E-state index is 0.102. The minimum Gasteiger partial charge on any atom is -0.395 e. The molecule has 0 aromatic rings. The summed E-state index contributed by atoms with van der Waals surface area (Å²) in [6.07, 6.45) is 8.39. The molecule has 0 radical (unpaired) electrons. The molecule has 2 fully saturated rings. The summed E-state index contributed by atoms with van der Waals surface area (Å²) < 4.78 is 6.09. The van der Waals surface area contributed by atoms with Crippen LogP contribution in [0.4, 0.5) is 0 Å². The molecule has 1 aliphatic heterocycles. The summed E-state index contributed by atoms with van der Waals surface area (Å²) in [5, 5.41) is 18.3. The second-order valence-electron chi connectivity index (χ2n) is 5.72. The van der Waals surface area contributed by atoms with E-state index in [2.05, 4.69) is 4.90 Å². The second kappa shape index (κ2) is 6.85. The number of hydrogen-bond donors (Lipinski definition) is 2. The van der Waals surface area contributed by atoms with Crippen LogP contribution in [0.2, 0.25) is 0 Å². The lowest BCUT2D eigenvalue weighted by Crippen LogP contribution is -2.50. The van der Waals surface area contributed by atoms with Crippen LogP contribution in [-0.4, -0.2) is 59.7 Å². The van der Waals surface area contributed by atoms with Crippen molar-refractivity contribution in [3.63, 3.8) is 0 Å². The van der Waals surface area contributed by atoms with Crippen molar-refractivity contribution >= 4 is 0 Å². The lowest BCUT2D eigenvalue weighted by Gasteiger charge is -2.46. The summed E-state index contributed by atoms with van der Waals surface area (Å²) in [4.78, 5) is 2.23. The molecule has 1 heterocycles. The summed E-state index contributed by atoms with van der Waals surface area (Å²) in [7, 11) is 0. The monoisotopic (exact) mass is 257 g/mol. The highest BCUT2D eigenvalue weighted by atomic mass is 16.5. The van der Waals surface area contributed by atoms with Gasteiger partial charge >= 0.3 is 0 Å². The van der Waals surface area contributed by atoms with Gasteiger partial charge in [-0.2, -0.15) is 0 Å². The topological polar surface area (TPSA) is 52.9 Å². The highest BCUT2D eigenvalue weighted by molar-refractivity contribution is 4.92. The van der Waals surface area contributed by atoms with Gasteiger partial charge in [-0.15, -0.1) is 0 Å². The van der Waals surface area contributed by atoms with Crippen molar-refractivity contribution in [3.8, 4) is 0 Å². The van der Waals surface area contributed by atoms with Crippen LogP contribution in [0.3, 0.4) is 0 Å². The van der Waals surface area contributed by atoms with E-state index in [9.17, 15) is 0 Å². The third kappa shape index (κ3) is 3.44. The molecule has 4 nitrogen and oxygen atoms in total. The van der Waals surface area contributed by atoms with E-state index in [1.165, 1.54) is 32.1 Å². The summed E-state index contributed by atoms with van der Waals surface area (Å²) in [5.41, 5.74) is 0.102. The smallest absolute Gasteiger partial charge is 0.0697 e. The molecular formula is C14H27NO3. The van der Waals surface area contributed by atoms with E-state index in [1.54, 1.807) is 0 Å². The Morgan fingerprint density at radius 1 is 1.06 bits per heavy atom. The molecule has 1 spiro atoms. The molecule has 0 amide bonds. The highest BCUT2D eigenvalue weighted by Gasteiger charge is 2.39. The van der Waals surface area contributed by atoms with E-state index >= 15 is 0 Å². The predicted octanol–water partition coefficient (Wildman–Crippen LogP) is 1.15. The maximum Gasteiger partial charge on any atom is 0.0697 e. The zero-order valence-electron chi connectivity index (χ0n) is 11.3. The van der Waals surface area contributed by atoms with Gasteiger partial charge in [0.2, 0.25) is 0 Å². The second-order valence-corrected chi connectivity index (χ2v) is 5.72. The Kier molecular flexibility index (Phi) is 5.42. The quantitative estimate of drug-likeness (QED) is 0.776. The standard InChI is InChI=1S/C14H27NO3/c16-9-7-15(8-10-17)13-4-11-18-14(12-13)5-2-1-3-6-14/h13,16-17H,1-12H2. The van der Waals surface area contributed by atoms with Gasteiger partial charge in [0.1, 0.15) is 0 Å². The first-order valence-electron chi connectivity index (χ1n) is 7.39. The van der Waals surface area contributed by atoms with Crippen molar-refractivity contribution in [1.82, 2.24) is 4.90 Å². The molecule has 1 saturated heterocycles. The van der Waals surface area contributed by atoms with E-state index < -0.39 is 0 Å². The molecule has 4 heteroatoms. The molecule has 1 unspecified atom stereocenters. The van der Waals surface area contributed by atoms with Crippen LogP contribution in [0, 0.1) is 0 Å². The summed E-state index contributed by atoms with van der Waals surface area (Å²) in [6, 6.07) is 0.469. The Hall–Kier alpha value is -0.160. The molecule has 106 valence electrons. The first-order chi connectivity index (χ1) is 8.79. The number of rotatable bonds is 5. The van der Waals surface area contributed by atoms with Crippen molar-refractivity contribution in [2.75, 3.05) is 32.9 Å². The molecule has 1 atom stereocenters. The van der Waals surface area contributed by atoms with Crippen molar-refractivity contribution < 1.29 is 14.9 Å².